The molecule has 0 N–H and O–H groups in total. The Kier molecular flexibility index (Phi) is 4.13. The van der Waals surface area contributed by atoms with E-state index in [4.69, 9.17) is 4.74 Å². The molecule has 0 atom stereocenters. The molecule has 0 aliphatic carbocycles. The lowest BCUT2D eigenvalue weighted by Crippen LogP contribution is -2.07. The lowest BCUT2D eigenvalue weighted by molar-refractivity contribution is 0.103. The third-order valence-electron chi connectivity index (χ3n) is 2.66. The zero-order valence-corrected chi connectivity index (χ0v) is 11.2. The highest BCUT2D eigenvalue weighted by molar-refractivity contribution is 6.09. The number of hydrogen-bond acceptors (Lipinski definition) is 2. The van der Waals surface area contributed by atoms with Gasteiger partial charge < -0.3 is 4.74 Å². The quantitative estimate of drug-likeness (QED) is 0.789. The molecule has 104 valence electrons. The molecular weight excluding hydrogens is 262 g/mol. The van der Waals surface area contributed by atoms with Gasteiger partial charge in [-0.25, -0.2) is 8.78 Å². The SMILES string of the molecule is CC(C)Oc1ccc(C(=O)c2ccc(F)cc2F)cc1. The molecule has 0 unspecified atom stereocenters. The van der Waals surface area contributed by atoms with E-state index in [2.05, 4.69) is 0 Å². The monoisotopic (exact) mass is 276 g/mol. The molecule has 0 bridgehead atoms. The van der Waals surface area contributed by atoms with Crippen LogP contribution in [0.2, 0.25) is 0 Å². The molecule has 0 fully saturated rings. The standard InChI is InChI=1S/C16H14F2O2/c1-10(2)20-13-6-3-11(4-7-13)16(19)14-8-5-12(17)9-15(14)18/h3-10H,1-2H3. The molecule has 0 aliphatic rings. The number of ketones is 1. The summed E-state index contributed by atoms with van der Waals surface area (Å²) in [5.74, 6) is -1.42. The van der Waals surface area contributed by atoms with Crippen molar-refractivity contribution in [3.63, 3.8) is 0 Å². The number of rotatable bonds is 4. The van der Waals surface area contributed by atoms with Gasteiger partial charge in [0.1, 0.15) is 17.4 Å². The summed E-state index contributed by atoms with van der Waals surface area (Å²) in [5, 5.41) is 0. The van der Waals surface area contributed by atoms with Crippen molar-refractivity contribution >= 4 is 5.78 Å². The van der Waals surface area contributed by atoms with Gasteiger partial charge in [-0.3, -0.25) is 4.79 Å². The number of ether oxygens (including phenoxy) is 1. The summed E-state index contributed by atoms with van der Waals surface area (Å²) in [4.78, 5) is 12.1. The molecule has 0 heterocycles. The second kappa shape index (κ2) is 5.82. The number of hydrogen-bond donors (Lipinski definition) is 0. The number of benzene rings is 2. The summed E-state index contributed by atoms with van der Waals surface area (Å²) >= 11 is 0. The van der Waals surface area contributed by atoms with Crippen molar-refractivity contribution in [3.8, 4) is 5.75 Å². The predicted octanol–water partition coefficient (Wildman–Crippen LogP) is 3.98. The summed E-state index contributed by atoms with van der Waals surface area (Å²) in [5.41, 5.74) is 0.176. The van der Waals surface area contributed by atoms with Gasteiger partial charge in [-0.15, -0.1) is 0 Å². The molecule has 0 saturated carbocycles. The van der Waals surface area contributed by atoms with Crippen molar-refractivity contribution in [2.45, 2.75) is 20.0 Å². The van der Waals surface area contributed by atoms with Gasteiger partial charge in [-0.1, -0.05) is 0 Å². The summed E-state index contributed by atoms with van der Waals surface area (Å²) in [7, 11) is 0. The average Bonchev–Trinajstić information content (AvgIpc) is 2.38. The van der Waals surface area contributed by atoms with Gasteiger partial charge in [0.2, 0.25) is 0 Å². The zero-order chi connectivity index (χ0) is 14.7. The van der Waals surface area contributed by atoms with E-state index in [-0.39, 0.29) is 11.7 Å². The molecular formula is C16H14F2O2. The molecule has 0 spiro atoms. The Labute approximate surface area is 116 Å². The minimum Gasteiger partial charge on any atom is -0.491 e. The highest BCUT2D eigenvalue weighted by Crippen LogP contribution is 2.18. The van der Waals surface area contributed by atoms with E-state index in [0.717, 1.165) is 12.1 Å². The number of carbonyl (C=O) groups is 1. The maximum atomic E-state index is 13.6. The highest BCUT2D eigenvalue weighted by Gasteiger charge is 2.14. The van der Waals surface area contributed by atoms with Crippen LogP contribution in [0.25, 0.3) is 0 Å². The fraction of sp³-hybridized carbons (Fsp3) is 0.188. The normalized spacial score (nSPS) is 10.7. The van der Waals surface area contributed by atoms with Crippen molar-refractivity contribution in [2.24, 2.45) is 0 Å². The van der Waals surface area contributed by atoms with Crippen LogP contribution in [0, 0.1) is 11.6 Å². The van der Waals surface area contributed by atoms with Crippen LogP contribution in [0.4, 0.5) is 8.78 Å². The van der Waals surface area contributed by atoms with Crippen molar-refractivity contribution in [3.05, 3.63) is 65.2 Å². The summed E-state index contributed by atoms with van der Waals surface area (Å²) < 4.78 is 31.8. The number of carbonyl (C=O) groups excluding carboxylic acids is 1. The molecule has 0 saturated heterocycles. The molecule has 2 aromatic rings. The van der Waals surface area contributed by atoms with Gasteiger partial charge in [0, 0.05) is 11.6 Å². The summed E-state index contributed by atoms with van der Waals surface area (Å²) in [6.45, 7) is 3.79. The molecule has 2 rings (SSSR count). The van der Waals surface area contributed by atoms with Gasteiger partial charge in [0.25, 0.3) is 0 Å². The van der Waals surface area contributed by atoms with E-state index in [0.29, 0.717) is 17.4 Å². The molecule has 4 heteroatoms. The maximum absolute atomic E-state index is 13.6. The van der Waals surface area contributed by atoms with E-state index in [9.17, 15) is 13.6 Å². The Hall–Kier alpha value is -2.23. The van der Waals surface area contributed by atoms with E-state index in [1.54, 1.807) is 24.3 Å². The molecule has 0 radical (unpaired) electrons. The first-order valence-electron chi connectivity index (χ1n) is 6.24. The van der Waals surface area contributed by atoms with E-state index in [1.807, 2.05) is 13.8 Å². The van der Waals surface area contributed by atoms with Crippen molar-refractivity contribution in [2.75, 3.05) is 0 Å². The van der Waals surface area contributed by atoms with Crippen LogP contribution in [0.1, 0.15) is 29.8 Å². The fourth-order valence-corrected chi connectivity index (χ4v) is 1.79. The highest BCUT2D eigenvalue weighted by atomic mass is 19.1. The van der Waals surface area contributed by atoms with Crippen molar-refractivity contribution in [1.82, 2.24) is 0 Å². The first-order chi connectivity index (χ1) is 9.47. The smallest absolute Gasteiger partial charge is 0.195 e. The van der Waals surface area contributed by atoms with Gasteiger partial charge in [0.05, 0.1) is 11.7 Å². The maximum Gasteiger partial charge on any atom is 0.195 e. The van der Waals surface area contributed by atoms with Crippen LogP contribution in [-0.2, 0) is 0 Å². The first kappa shape index (κ1) is 14.2. The average molecular weight is 276 g/mol. The van der Waals surface area contributed by atoms with E-state index >= 15 is 0 Å². The van der Waals surface area contributed by atoms with Crippen LogP contribution in [0.5, 0.6) is 5.75 Å². The zero-order valence-electron chi connectivity index (χ0n) is 11.2. The molecule has 2 aromatic carbocycles. The van der Waals surface area contributed by atoms with Crippen LogP contribution >= 0.6 is 0 Å². The Balaban J connectivity index is 2.25. The second-order valence-corrected chi connectivity index (χ2v) is 4.64. The topological polar surface area (TPSA) is 26.3 Å². The van der Waals surface area contributed by atoms with E-state index < -0.39 is 17.4 Å². The van der Waals surface area contributed by atoms with Crippen molar-refractivity contribution < 1.29 is 18.3 Å². The molecule has 2 nitrogen and oxygen atoms in total. The van der Waals surface area contributed by atoms with Gasteiger partial charge in [0.15, 0.2) is 5.78 Å². The van der Waals surface area contributed by atoms with Gasteiger partial charge in [-0.2, -0.15) is 0 Å². The fourth-order valence-electron chi connectivity index (χ4n) is 1.79. The van der Waals surface area contributed by atoms with Crippen LogP contribution in [0.3, 0.4) is 0 Å². The minimum absolute atomic E-state index is 0.0334. The van der Waals surface area contributed by atoms with E-state index in [1.165, 1.54) is 0 Å². The van der Waals surface area contributed by atoms with Gasteiger partial charge in [-0.05, 0) is 50.2 Å². The largest absolute Gasteiger partial charge is 0.491 e. The third kappa shape index (κ3) is 3.20. The lowest BCUT2D eigenvalue weighted by atomic mass is 10.0. The Morgan fingerprint density at radius 1 is 1.05 bits per heavy atom. The first-order valence-corrected chi connectivity index (χ1v) is 6.24. The predicted molar refractivity (Wildman–Crippen MR) is 72.0 cm³/mol. The number of halogens is 2. The van der Waals surface area contributed by atoms with Gasteiger partial charge >= 0.3 is 0 Å². The molecule has 0 aromatic heterocycles. The second-order valence-electron chi connectivity index (χ2n) is 4.64. The Morgan fingerprint density at radius 3 is 2.25 bits per heavy atom. The molecule has 20 heavy (non-hydrogen) atoms. The summed E-state index contributed by atoms with van der Waals surface area (Å²) in [6, 6.07) is 9.32. The molecule has 0 amide bonds. The molecule has 0 aliphatic heterocycles. The lowest BCUT2D eigenvalue weighted by Gasteiger charge is -2.10. The minimum atomic E-state index is -0.863. The summed E-state index contributed by atoms with van der Waals surface area (Å²) in [6.07, 6.45) is 0.0334. The third-order valence-corrected chi connectivity index (χ3v) is 2.66. The van der Waals surface area contributed by atoms with Crippen molar-refractivity contribution in [1.29, 1.82) is 0 Å². The van der Waals surface area contributed by atoms with Crippen LogP contribution in [-0.4, -0.2) is 11.9 Å². The Morgan fingerprint density at radius 2 is 1.70 bits per heavy atom. The Bertz CT molecular complexity index is 619. The van der Waals surface area contributed by atoms with Crippen LogP contribution < -0.4 is 4.74 Å². The van der Waals surface area contributed by atoms with Crippen LogP contribution in [0.15, 0.2) is 42.5 Å².